The molecule has 2 aromatic rings. The quantitative estimate of drug-likeness (QED) is 0.688. The summed E-state index contributed by atoms with van der Waals surface area (Å²) in [6.45, 7) is -0.306. The highest BCUT2D eigenvalue weighted by molar-refractivity contribution is 7.91. The molecule has 0 spiro atoms. The van der Waals surface area contributed by atoms with E-state index in [-0.39, 0.29) is 18.1 Å². The van der Waals surface area contributed by atoms with Crippen molar-refractivity contribution in [1.82, 2.24) is 4.90 Å². The number of benzene rings is 2. The average Bonchev–Trinajstić information content (AvgIpc) is 3.06. The van der Waals surface area contributed by atoms with Crippen molar-refractivity contribution >= 4 is 21.7 Å². The second-order valence-corrected chi connectivity index (χ2v) is 8.74. The van der Waals surface area contributed by atoms with Gasteiger partial charge >= 0.3 is 5.97 Å². The first kappa shape index (κ1) is 19.9. The maximum absolute atomic E-state index is 13.1. The summed E-state index contributed by atoms with van der Waals surface area (Å²) in [5, 5.41) is 0. The van der Waals surface area contributed by atoms with E-state index in [9.17, 15) is 18.0 Å². The Morgan fingerprint density at radius 1 is 1.07 bits per heavy atom. The molecule has 8 heteroatoms. The summed E-state index contributed by atoms with van der Waals surface area (Å²) in [5.41, 5.74) is 0.307. The number of esters is 1. The van der Waals surface area contributed by atoms with E-state index in [1.165, 1.54) is 12.0 Å². The topological polar surface area (TPSA) is 90.0 Å². The predicted molar refractivity (Wildman–Crippen MR) is 103 cm³/mol. The van der Waals surface area contributed by atoms with Crippen LogP contribution in [0, 0.1) is 0 Å². The number of carbonyl (C=O) groups is 2. The maximum atomic E-state index is 13.1. The number of hydrogen-bond acceptors (Lipinski definition) is 6. The molecule has 1 saturated heterocycles. The molecule has 1 unspecified atom stereocenters. The third kappa shape index (κ3) is 4.89. The van der Waals surface area contributed by atoms with Gasteiger partial charge in [0, 0.05) is 11.6 Å². The van der Waals surface area contributed by atoms with Crippen molar-refractivity contribution in [2.75, 3.05) is 25.2 Å². The Hall–Kier alpha value is -2.87. The fraction of sp³-hybridized carbons (Fsp3) is 0.300. The van der Waals surface area contributed by atoms with Crippen molar-refractivity contribution in [3.8, 4) is 11.5 Å². The van der Waals surface area contributed by atoms with Crippen LogP contribution in [0.1, 0.15) is 16.8 Å². The van der Waals surface area contributed by atoms with Crippen LogP contribution in [0.2, 0.25) is 0 Å². The number of amides is 1. The predicted octanol–water partition coefficient (Wildman–Crippen LogP) is 2.28. The van der Waals surface area contributed by atoms with E-state index in [0.717, 1.165) is 0 Å². The molecular formula is C20H21NO6S. The Bertz CT molecular complexity index is 958. The van der Waals surface area contributed by atoms with Gasteiger partial charge in [-0.1, -0.05) is 24.3 Å². The summed E-state index contributed by atoms with van der Waals surface area (Å²) < 4.78 is 34.1. The SMILES string of the molecule is COC(=O)CN(C(=O)c1cccc(Oc2ccccc2)c1)C1CCS(=O)(=O)C1. The molecule has 0 saturated carbocycles. The molecule has 1 heterocycles. The van der Waals surface area contributed by atoms with Gasteiger partial charge in [0.15, 0.2) is 9.84 Å². The van der Waals surface area contributed by atoms with Crippen molar-refractivity contribution < 1.29 is 27.5 Å². The minimum Gasteiger partial charge on any atom is -0.468 e. The van der Waals surface area contributed by atoms with Crippen molar-refractivity contribution in [2.45, 2.75) is 12.5 Å². The minimum absolute atomic E-state index is 0.000221. The number of ether oxygens (including phenoxy) is 2. The molecule has 1 atom stereocenters. The van der Waals surface area contributed by atoms with Crippen molar-refractivity contribution in [3.05, 3.63) is 60.2 Å². The zero-order chi connectivity index (χ0) is 20.1. The number of rotatable bonds is 6. The van der Waals surface area contributed by atoms with Crippen LogP contribution in [0.5, 0.6) is 11.5 Å². The lowest BCUT2D eigenvalue weighted by atomic mass is 10.1. The zero-order valence-corrected chi connectivity index (χ0v) is 16.2. The molecule has 1 amide bonds. The van der Waals surface area contributed by atoms with Crippen molar-refractivity contribution in [2.24, 2.45) is 0 Å². The van der Waals surface area contributed by atoms with Gasteiger partial charge in [0.25, 0.3) is 5.91 Å². The Balaban J connectivity index is 1.83. The maximum Gasteiger partial charge on any atom is 0.325 e. The first-order chi connectivity index (χ1) is 13.4. The van der Waals surface area contributed by atoms with Gasteiger partial charge in [-0.05, 0) is 36.8 Å². The Labute approximate surface area is 163 Å². The van der Waals surface area contributed by atoms with Crippen LogP contribution in [0.3, 0.4) is 0 Å². The van der Waals surface area contributed by atoms with Gasteiger partial charge < -0.3 is 14.4 Å². The van der Waals surface area contributed by atoms with Gasteiger partial charge in [0.2, 0.25) is 0 Å². The van der Waals surface area contributed by atoms with Gasteiger partial charge in [0.1, 0.15) is 18.0 Å². The van der Waals surface area contributed by atoms with Crippen LogP contribution in [-0.4, -0.2) is 56.4 Å². The molecule has 7 nitrogen and oxygen atoms in total. The van der Waals surface area contributed by atoms with Crippen LogP contribution in [0.25, 0.3) is 0 Å². The molecule has 0 aliphatic carbocycles. The van der Waals surface area contributed by atoms with E-state index in [4.69, 9.17) is 4.74 Å². The average molecular weight is 403 g/mol. The van der Waals surface area contributed by atoms with E-state index in [2.05, 4.69) is 4.74 Å². The monoisotopic (exact) mass is 403 g/mol. The molecular weight excluding hydrogens is 382 g/mol. The van der Waals surface area contributed by atoms with Crippen molar-refractivity contribution in [3.63, 3.8) is 0 Å². The summed E-state index contributed by atoms with van der Waals surface area (Å²) in [6.07, 6.45) is 0.297. The molecule has 1 aliphatic heterocycles. The van der Waals surface area contributed by atoms with E-state index < -0.39 is 27.8 Å². The van der Waals surface area contributed by atoms with E-state index in [1.54, 1.807) is 36.4 Å². The summed E-state index contributed by atoms with van der Waals surface area (Å²) >= 11 is 0. The molecule has 0 aromatic heterocycles. The van der Waals surface area contributed by atoms with Crippen LogP contribution in [0.4, 0.5) is 0 Å². The normalized spacial score (nSPS) is 17.7. The Kier molecular flexibility index (Phi) is 5.99. The smallest absolute Gasteiger partial charge is 0.325 e. The minimum atomic E-state index is -3.22. The summed E-state index contributed by atoms with van der Waals surface area (Å²) in [7, 11) is -1.99. The Morgan fingerprint density at radius 2 is 1.79 bits per heavy atom. The standard InChI is InChI=1S/C20H21NO6S/c1-26-19(22)13-21(16-10-11-28(24,25)14-16)20(23)15-6-5-9-18(12-15)27-17-7-3-2-4-8-17/h2-9,12,16H,10-11,13-14H2,1H3. The number of sulfone groups is 1. The fourth-order valence-corrected chi connectivity index (χ4v) is 4.81. The summed E-state index contributed by atoms with van der Waals surface area (Å²) in [5.74, 6) is -0.106. The number of nitrogens with zero attached hydrogens (tertiary/aromatic N) is 1. The number of para-hydroxylation sites is 1. The lowest BCUT2D eigenvalue weighted by molar-refractivity contribution is -0.141. The molecule has 28 heavy (non-hydrogen) atoms. The van der Waals surface area contributed by atoms with Gasteiger partial charge in [-0.2, -0.15) is 0 Å². The Morgan fingerprint density at radius 3 is 2.43 bits per heavy atom. The highest BCUT2D eigenvalue weighted by Gasteiger charge is 2.36. The van der Waals surface area contributed by atoms with E-state index >= 15 is 0 Å². The second kappa shape index (κ2) is 8.43. The second-order valence-electron chi connectivity index (χ2n) is 6.51. The molecule has 0 radical (unpaired) electrons. The van der Waals surface area contributed by atoms with Crippen molar-refractivity contribution in [1.29, 1.82) is 0 Å². The molecule has 0 N–H and O–H groups in total. The summed E-state index contributed by atoms with van der Waals surface area (Å²) in [4.78, 5) is 26.1. The third-order valence-electron chi connectivity index (χ3n) is 4.50. The van der Waals surface area contributed by atoms with Crippen LogP contribution >= 0.6 is 0 Å². The van der Waals surface area contributed by atoms with Gasteiger partial charge in [-0.25, -0.2) is 8.42 Å². The molecule has 1 fully saturated rings. The highest BCUT2D eigenvalue weighted by Crippen LogP contribution is 2.24. The molecule has 1 aliphatic rings. The third-order valence-corrected chi connectivity index (χ3v) is 6.25. The van der Waals surface area contributed by atoms with Crippen LogP contribution in [0.15, 0.2) is 54.6 Å². The van der Waals surface area contributed by atoms with Gasteiger partial charge in [-0.15, -0.1) is 0 Å². The fourth-order valence-electron chi connectivity index (χ4n) is 3.07. The van der Waals surface area contributed by atoms with Gasteiger partial charge in [0.05, 0.1) is 18.6 Å². The lowest BCUT2D eigenvalue weighted by Gasteiger charge is -2.27. The molecule has 148 valence electrons. The van der Waals surface area contributed by atoms with E-state index in [1.807, 2.05) is 18.2 Å². The van der Waals surface area contributed by atoms with Crippen LogP contribution < -0.4 is 4.74 Å². The van der Waals surface area contributed by atoms with Crippen LogP contribution in [-0.2, 0) is 19.4 Å². The highest BCUT2D eigenvalue weighted by atomic mass is 32.2. The van der Waals surface area contributed by atoms with Gasteiger partial charge in [-0.3, -0.25) is 9.59 Å². The zero-order valence-electron chi connectivity index (χ0n) is 15.4. The summed E-state index contributed by atoms with van der Waals surface area (Å²) in [6, 6.07) is 15.1. The lowest BCUT2D eigenvalue weighted by Crippen LogP contribution is -2.44. The molecule has 2 aromatic carbocycles. The van der Waals surface area contributed by atoms with E-state index in [0.29, 0.717) is 23.5 Å². The largest absolute Gasteiger partial charge is 0.468 e. The molecule has 3 rings (SSSR count). The first-order valence-corrected chi connectivity index (χ1v) is 10.6. The number of methoxy groups -OCH3 is 1. The number of hydrogen-bond donors (Lipinski definition) is 0. The molecule has 0 bridgehead atoms. The number of carbonyl (C=O) groups excluding carboxylic acids is 2. The first-order valence-electron chi connectivity index (χ1n) is 8.79.